The van der Waals surface area contributed by atoms with E-state index in [9.17, 15) is 0 Å². The summed E-state index contributed by atoms with van der Waals surface area (Å²) in [7, 11) is 0. The molecule has 1 fully saturated rings. The molecule has 3 nitrogen and oxygen atoms in total. The zero-order valence-corrected chi connectivity index (χ0v) is 12.4. The zero-order valence-electron chi connectivity index (χ0n) is 12.4. The predicted octanol–water partition coefficient (Wildman–Crippen LogP) is 2.50. The van der Waals surface area contributed by atoms with Crippen LogP contribution in [-0.2, 0) is 11.2 Å². The van der Waals surface area contributed by atoms with Crippen LogP contribution in [0.1, 0.15) is 31.4 Å². The Balaban J connectivity index is 2.23. The molecule has 2 rings (SSSR count). The molecule has 0 aliphatic carbocycles. The van der Waals surface area contributed by atoms with Gasteiger partial charge in [0, 0.05) is 12.2 Å². The fraction of sp³-hybridized carbons (Fsp3) is 0.625. The topological polar surface area (TPSA) is 38.5 Å². The normalized spacial score (nSPS) is 23.7. The van der Waals surface area contributed by atoms with Gasteiger partial charge in [-0.1, -0.05) is 19.1 Å². The zero-order chi connectivity index (χ0) is 13.8. The summed E-state index contributed by atoms with van der Waals surface area (Å²) in [6.45, 7) is 9.11. The number of benzene rings is 1. The lowest BCUT2D eigenvalue weighted by atomic mass is 10.0. The molecule has 106 valence electrons. The molecule has 3 heteroatoms. The van der Waals surface area contributed by atoms with Gasteiger partial charge in [0.25, 0.3) is 0 Å². The molecular formula is C16H26N2O. The Kier molecular flexibility index (Phi) is 4.83. The van der Waals surface area contributed by atoms with Crippen molar-refractivity contribution in [3.05, 3.63) is 29.3 Å². The molecule has 19 heavy (non-hydrogen) atoms. The van der Waals surface area contributed by atoms with Gasteiger partial charge >= 0.3 is 0 Å². The first-order valence-electron chi connectivity index (χ1n) is 7.33. The van der Waals surface area contributed by atoms with Crippen LogP contribution < -0.4 is 10.6 Å². The van der Waals surface area contributed by atoms with Crippen LogP contribution >= 0.6 is 0 Å². The third-order valence-corrected chi connectivity index (χ3v) is 3.94. The summed E-state index contributed by atoms with van der Waals surface area (Å²) in [5.74, 6) is 0. The largest absolute Gasteiger partial charge is 0.375 e. The first-order chi connectivity index (χ1) is 9.15. The Bertz CT molecular complexity index is 419. The van der Waals surface area contributed by atoms with Crippen molar-refractivity contribution < 1.29 is 4.74 Å². The van der Waals surface area contributed by atoms with E-state index in [1.165, 1.54) is 16.8 Å². The number of morpholine rings is 1. The Hall–Kier alpha value is -1.06. The quantitative estimate of drug-likeness (QED) is 0.906. The molecule has 2 N–H and O–H groups in total. The molecule has 1 aromatic carbocycles. The molecule has 1 heterocycles. The maximum Gasteiger partial charge on any atom is 0.0723 e. The summed E-state index contributed by atoms with van der Waals surface area (Å²) in [4.78, 5) is 2.51. The van der Waals surface area contributed by atoms with E-state index < -0.39 is 0 Å². The lowest BCUT2D eigenvalue weighted by molar-refractivity contribution is 0.0299. The molecule has 0 radical (unpaired) electrons. The van der Waals surface area contributed by atoms with Gasteiger partial charge < -0.3 is 15.4 Å². The minimum Gasteiger partial charge on any atom is -0.375 e. The van der Waals surface area contributed by atoms with Gasteiger partial charge in [0.2, 0.25) is 0 Å². The van der Waals surface area contributed by atoms with E-state index in [1.807, 2.05) is 0 Å². The number of nitrogens with two attached hydrogens (primary N) is 1. The molecule has 0 saturated carbocycles. The van der Waals surface area contributed by atoms with Crippen LogP contribution in [0, 0.1) is 6.92 Å². The van der Waals surface area contributed by atoms with Crippen molar-refractivity contribution in [2.24, 2.45) is 5.73 Å². The van der Waals surface area contributed by atoms with Gasteiger partial charge in [-0.15, -0.1) is 0 Å². The highest BCUT2D eigenvalue weighted by Crippen LogP contribution is 2.27. The van der Waals surface area contributed by atoms with Gasteiger partial charge in [0.15, 0.2) is 0 Å². The van der Waals surface area contributed by atoms with Crippen molar-refractivity contribution in [3.8, 4) is 0 Å². The second kappa shape index (κ2) is 6.40. The number of hydrogen-bond donors (Lipinski definition) is 1. The molecule has 1 aliphatic heterocycles. The molecule has 2 atom stereocenters. The predicted molar refractivity (Wildman–Crippen MR) is 80.8 cm³/mol. The van der Waals surface area contributed by atoms with Gasteiger partial charge in [-0.2, -0.15) is 0 Å². The minimum atomic E-state index is 0.311. The Labute approximate surface area is 116 Å². The average molecular weight is 262 g/mol. The lowest BCUT2D eigenvalue weighted by Gasteiger charge is -2.40. The summed E-state index contributed by atoms with van der Waals surface area (Å²) in [6.07, 6.45) is 2.39. The van der Waals surface area contributed by atoms with Gasteiger partial charge in [-0.25, -0.2) is 0 Å². The smallest absolute Gasteiger partial charge is 0.0723 e. The van der Waals surface area contributed by atoms with E-state index in [0.29, 0.717) is 18.7 Å². The fourth-order valence-electron chi connectivity index (χ4n) is 2.84. The van der Waals surface area contributed by atoms with E-state index in [4.69, 9.17) is 10.5 Å². The highest BCUT2D eigenvalue weighted by atomic mass is 16.5. The summed E-state index contributed by atoms with van der Waals surface area (Å²) in [5.41, 5.74) is 9.65. The van der Waals surface area contributed by atoms with Crippen LogP contribution in [0.2, 0.25) is 0 Å². The second-order valence-corrected chi connectivity index (χ2v) is 5.52. The van der Waals surface area contributed by atoms with Crippen LogP contribution in [0.4, 0.5) is 5.69 Å². The van der Waals surface area contributed by atoms with Crippen molar-refractivity contribution in [3.63, 3.8) is 0 Å². The SMILES string of the molecule is CCC1COC(C)CN1c1ccc(CCN)cc1C. The van der Waals surface area contributed by atoms with Crippen LogP contribution in [0.5, 0.6) is 0 Å². The molecule has 0 aromatic heterocycles. The van der Waals surface area contributed by atoms with Crippen LogP contribution in [0.25, 0.3) is 0 Å². The molecule has 0 amide bonds. The lowest BCUT2D eigenvalue weighted by Crippen LogP contribution is -2.49. The molecule has 1 aliphatic rings. The third kappa shape index (κ3) is 3.28. The second-order valence-electron chi connectivity index (χ2n) is 5.52. The van der Waals surface area contributed by atoms with Crippen LogP contribution in [0.15, 0.2) is 18.2 Å². The molecular weight excluding hydrogens is 236 g/mol. The number of hydrogen-bond acceptors (Lipinski definition) is 3. The van der Waals surface area contributed by atoms with Crippen LogP contribution in [-0.4, -0.2) is 31.8 Å². The molecule has 1 saturated heterocycles. The summed E-state index contributed by atoms with van der Waals surface area (Å²) in [5, 5.41) is 0. The maximum atomic E-state index is 5.78. The molecule has 2 unspecified atom stereocenters. The van der Waals surface area contributed by atoms with Gasteiger partial charge in [0.05, 0.1) is 18.8 Å². The standard InChI is InChI=1S/C16H26N2O/c1-4-15-11-19-13(3)10-18(15)16-6-5-14(7-8-17)9-12(16)2/h5-6,9,13,15H,4,7-8,10-11,17H2,1-3H3. The van der Waals surface area contributed by atoms with Gasteiger partial charge in [0.1, 0.15) is 0 Å². The first kappa shape index (κ1) is 14.4. The Morgan fingerprint density at radius 3 is 2.84 bits per heavy atom. The number of aryl methyl sites for hydroxylation is 1. The monoisotopic (exact) mass is 262 g/mol. The number of nitrogens with zero attached hydrogens (tertiary/aromatic N) is 1. The van der Waals surface area contributed by atoms with Crippen molar-refractivity contribution >= 4 is 5.69 Å². The highest BCUT2D eigenvalue weighted by Gasteiger charge is 2.26. The molecule has 1 aromatic rings. The number of ether oxygens (including phenoxy) is 1. The summed E-state index contributed by atoms with van der Waals surface area (Å²) >= 11 is 0. The first-order valence-corrected chi connectivity index (χ1v) is 7.33. The molecule has 0 spiro atoms. The number of rotatable bonds is 4. The van der Waals surface area contributed by atoms with Crippen molar-refractivity contribution in [1.29, 1.82) is 0 Å². The van der Waals surface area contributed by atoms with Crippen molar-refractivity contribution in [2.45, 2.75) is 45.8 Å². The summed E-state index contributed by atoms with van der Waals surface area (Å²) < 4.78 is 5.78. The Morgan fingerprint density at radius 1 is 1.42 bits per heavy atom. The van der Waals surface area contributed by atoms with Gasteiger partial charge in [-0.3, -0.25) is 0 Å². The third-order valence-electron chi connectivity index (χ3n) is 3.94. The highest BCUT2D eigenvalue weighted by molar-refractivity contribution is 5.55. The fourth-order valence-corrected chi connectivity index (χ4v) is 2.84. The minimum absolute atomic E-state index is 0.311. The summed E-state index contributed by atoms with van der Waals surface area (Å²) in [6, 6.07) is 7.23. The van der Waals surface area contributed by atoms with Gasteiger partial charge in [-0.05, 0) is 50.4 Å². The van der Waals surface area contributed by atoms with Crippen molar-refractivity contribution in [1.82, 2.24) is 0 Å². The van der Waals surface area contributed by atoms with E-state index >= 15 is 0 Å². The van der Waals surface area contributed by atoms with E-state index in [1.54, 1.807) is 0 Å². The van der Waals surface area contributed by atoms with E-state index in [0.717, 1.165) is 26.0 Å². The maximum absolute atomic E-state index is 5.78. The van der Waals surface area contributed by atoms with Crippen LogP contribution in [0.3, 0.4) is 0 Å². The number of anilines is 1. The molecule has 0 bridgehead atoms. The average Bonchev–Trinajstić information content (AvgIpc) is 2.39. The Morgan fingerprint density at radius 2 is 2.21 bits per heavy atom. The van der Waals surface area contributed by atoms with E-state index in [-0.39, 0.29) is 0 Å². The van der Waals surface area contributed by atoms with E-state index in [2.05, 4.69) is 43.9 Å². The van der Waals surface area contributed by atoms with Crippen molar-refractivity contribution in [2.75, 3.05) is 24.6 Å².